The van der Waals surface area contributed by atoms with Gasteiger partial charge >= 0.3 is 0 Å². The maximum Gasteiger partial charge on any atom is 0.227 e. The summed E-state index contributed by atoms with van der Waals surface area (Å²) in [6, 6.07) is 10.2. The molecule has 6 heteroatoms. The van der Waals surface area contributed by atoms with Crippen LogP contribution in [0.1, 0.15) is 56.6 Å². The Balaban J connectivity index is 1.46. The van der Waals surface area contributed by atoms with E-state index >= 15 is 0 Å². The highest BCUT2D eigenvalue weighted by Gasteiger charge is 2.44. The van der Waals surface area contributed by atoms with Gasteiger partial charge in [-0.1, -0.05) is 18.2 Å². The Morgan fingerprint density at radius 1 is 1.16 bits per heavy atom. The van der Waals surface area contributed by atoms with E-state index < -0.39 is 0 Å². The van der Waals surface area contributed by atoms with Gasteiger partial charge in [0.15, 0.2) is 0 Å². The predicted molar refractivity (Wildman–Crippen MR) is 124 cm³/mol. The molecule has 1 atom stereocenters. The first-order chi connectivity index (χ1) is 15.0. The summed E-state index contributed by atoms with van der Waals surface area (Å²) in [4.78, 5) is 29.5. The molecule has 1 unspecified atom stereocenters. The number of para-hydroxylation sites is 1. The lowest BCUT2D eigenvalue weighted by Gasteiger charge is -2.47. The van der Waals surface area contributed by atoms with Crippen molar-refractivity contribution < 1.29 is 14.3 Å². The lowest BCUT2D eigenvalue weighted by atomic mass is 9.76. The second-order valence-electron chi connectivity index (χ2n) is 8.68. The van der Waals surface area contributed by atoms with Crippen molar-refractivity contribution in [2.75, 3.05) is 26.2 Å². The summed E-state index contributed by atoms with van der Waals surface area (Å²) in [6.45, 7) is 6.97. The third kappa shape index (κ3) is 4.79. The van der Waals surface area contributed by atoms with Crippen molar-refractivity contribution in [3.8, 4) is 5.75 Å². The average Bonchev–Trinajstić information content (AvgIpc) is 3.28. The summed E-state index contributed by atoms with van der Waals surface area (Å²) in [5.41, 5.74) is 1.94. The molecule has 0 bridgehead atoms. The third-order valence-corrected chi connectivity index (χ3v) is 7.54. The summed E-state index contributed by atoms with van der Waals surface area (Å²) >= 11 is 1.63. The minimum Gasteiger partial charge on any atom is -0.487 e. The number of nitrogens with zero attached hydrogens (tertiary/aromatic N) is 2. The minimum atomic E-state index is -0.290. The molecule has 166 valence electrons. The lowest BCUT2D eigenvalue weighted by Crippen LogP contribution is -2.52. The number of hydrogen-bond donors (Lipinski definition) is 0. The van der Waals surface area contributed by atoms with Gasteiger partial charge in [0.25, 0.3) is 0 Å². The molecule has 1 saturated heterocycles. The van der Waals surface area contributed by atoms with Crippen LogP contribution in [0.15, 0.2) is 41.1 Å². The Labute approximate surface area is 189 Å². The van der Waals surface area contributed by atoms with Crippen LogP contribution in [-0.4, -0.2) is 53.4 Å². The molecule has 1 aromatic carbocycles. The number of piperidine rings is 1. The van der Waals surface area contributed by atoms with Crippen LogP contribution in [0, 0.1) is 0 Å². The minimum absolute atomic E-state index is 0.158. The molecule has 1 aromatic heterocycles. The highest BCUT2D eigenvalue weighted by Crippen LogP contribution is 2.46. The molecular formula is C25H32N2O3S. The number of benzene rings is 1. The highest BCUT2D eigenvalue weighted by atomic mass is 32.1. The summed E-state index contributed by atoms with van der Waals surface area (Å²) in [7, 11) is 0. The largest absolute Gasteiger partial charge is 0.487 e. The van der Waals surface area contributed by atoms with E-state index in [1.165, 1.54) is 0 Å². The molecule has 2 aliphatic heterocycles. The molecule has 4 rings (SSSR count). The van der Waals surface area contributed by atoms with E-state index in [1.807, 2.05) is 58.7 Å². The van der Waals surface area contributed by atoms with Crippen LogP contribution in [0.4, 0.5) is 0 Å². The molecule has 1 fully saturated rings. The van der Waals surface area contributed by atoms with Crippen molar-refractivity contribution in [1.82, 2.24) is 9.80 Å². The smallest absolute Gasteiger partial charge is 0.227 e. The Bertz CT molecular complexity index is 899. The van der Waals surface area contributed by atoms with Crippen molar-refractivity contribution in [2.24, 2.45) is 0 Å². The number of rotatable bonds is 6. The second-order valence-corrected chi connectivity index (χ2v) is 9.46. The molecular weight excluding hydrogens is 408 g/mol. The quantitative estimate of drug-likeness (QED) is 0.666. The molecule has 5 nitrogen and oxygen atoms in total. The van der Waals surface area contributed by atoms with Crippen LogP contribution in [0.5, 0.6) is 5.75 Å². The van der Waals surface area contributed by atoms with Crippen LogP contribution in [-0.2, 0) is 16.0 Å². The van der Waals surface area contributed by atoms with Crippen LogP contribution in [0.2, 0.25) is 0 Å². The fourth-order valence-corrected chi connectivity index (χ4v) is 5.66. The zero-order valence-electron chi connectivity index (χ0n) is 18.5. The molecule has 1 spiro atoms. The zero-order chi connectivity index (χ0) is 21.8. The van der Waals surface area contributed by atoms with E-state index in [0.717, 1.165) is 49.2 Å². The monoisotopic (exact) mass is 440 g/mol. The molecule has 0 N–H and O–H groups in total. The first kappa shape index (κ1) is 21.9. The van der Waals surface area contributed by atoms with E-state index in [2.05, 4.69) is 6.07 Å². The van der Waals surface area contributed by atoms with Gasteiger partial charge in [0.2, 0.25) is 11.8 Å². The molecule has 2 aliphatic rings. The van der Waals surface area contributed by atoms with E-state index in [9.17, 15) is 9.59 Å². The molecule has 31 heavy (non-hydrogen) atoms. The highest BCUT2D eigenvalue weighted by molar-refractivity contribution is 7.08. The first-order valence-corrected chi connectivity index (χ1v) is 12.3. The number of fused-ring (bicyclic) bond motifs is 1. The van der Waals surface area contributed by atoms with Crippen molar-refractivity contribution in [2.45, 2.75) is 57.5 Å². The summed E-state index contributed by atoms with van der Waals surface area (Å²) < 4.78 is 6.56. The maximum atomic E-state index is 12.9. The number of ether oxygens (including phenoxy) is 1. The Hall–Kier alpha value is -2.34. The second kappa shape index (κ2) is 9.43. The van der Waals surface area contributed by atoms with Gasteiger partial charge < -0.3 is 14.5 Å². The Kier molecular flexibility index (Phi) is 6.65. The van der Waals surface area contributed by atoms with Gasteiger partial charge in [-0.3, -0.25) is 9.59 Å². The number of likely N-dealkylation sites (tertiary alicyclic amines) is 1. The van der Waals surface area contributed by atoms with E-state index in [0.29, 0.717) is 25.9 Å². The number of carbonyl (C=O) groups excluding carboxylic acids is 2. The van der Waals surface area contributed by atoms with Crippen molar-refractivity contribution >= 4 is 23.2 Å². The van der Waals surface area contributed by atoms with E-state index in [1.54, 1.807) is 11.3 Å². The molecule has 3 heterocycles. The number of amides is 2. The number of thiophene rings is 1. The molecule has 2 amide bonds. The van der Waals surface area contributed by atoms with Gasteiger partial charge in [-0.05, 0) is 54.3 Å². The molecule has 0 radical (unpaired) electrons. The Morgan fingerprint density at radius 2 is 1.90 bits per heavy atom. The third-order valence-electron chi connectivity index (χ3n) is 6.80. The SMILES string of the molecule is CCN(CC)C(=O)CC1CC2(CCN(C(=O)Cc3ccsc3)CC2)Oc2ccccc21. The van der Waals surface area contributed by atoms with Crippen molar-refractivity contribution in [3.05, 3.63) is 52.2 Å². The van der Waals surface area contributed by atoms with Crippen molar-refractivity contribution in [1.29, 1.82) is 0 Å². The number of carbonyl (C=O) groups is 2. The van der Waals surface area contributed by atoms with Gasteiger partial charge in [0.05, 0.1) is 6.42 Å². The van der Waals surface area contributed by atoms with E-state index in [4.69, 9.17) is 4.74 Å². The molecule has 2 aromatic rings. The van der Waals surface area contributed by atoms with Gasteiger partial charge in [-0.15, -0.1) is 0 Å². The molecule has 0 aliphatic carbocycles. The van der Waals surface area contributed by atoms with Crippen LogP contribution in [0.3, 0.4) is 0 Å². The predicted octanol–water partition coefficient (Wildman–Crippen LogP) is 4.48. The Morgan fingerprint density at radius 3 is 2.58 bits per heavy atom. The zero-order valence-corrected chi connectivity index (χ0v) is 19.3. The van der Waals surface area contributed by atoms with Gasteiger partial charge in [-0.25, -0.2) is 0 Å². The number of hydrogen-bond acceptors (Lipinski definition) is 4. The van der Waals surface area contributed by atoms with Gasteiger partial charge in [0.1, 0.15) is 11.4 Å². The van der Waals surface area contributed by atoms with Gasteiger partial charge in [0, 0.05) is 51.4 Å². The normalized spacial score (nSPS) is 19.5. The topological polar surface area (TPSA) is 49.9 Å². The standard InChI is InChI=1S/C25H32N2O3S/c1-3-26(4-2)24(29)16-20-17-25(30-22-8-6-5-7-21(20)22)10-12-27(13-11-25)23(28)15-19-9-14-31-18-19/h5-9,14,18,20H,3-4,10-13,15-17H2,1-2H3. The van der Waals surface area contributed by atoms with E-state index in [-0.39, 0.29) is 23.3 Å². The van der Waals surface area contributed by atoms with Crippen LogP contribution >= 0.6 is 11.3 Å². The average molecular weight is 441 g/mol. The summed E-state index contributed by atoms with van der Waals surface area (Å²) in [5, 5.41) is 4.06. The fourth-order valence-electron chi connectivity index (χ4n) is 4.99. The van der Waals surface area contributed by atoms with Crippen LogP contribution < -0.4 is 4.74 Å². The van der Waals surface area contributed by atoms with Gasteiger partial charge in [-0.2, -0.15) is 11.3 Å². The van der Waals surface area contributed by atoms with Crippen molar-refractivity contribution in [3.63, 3.8) is 0 Å². The van der Waals surface area contributed by atoms with Crippen LogP contribution in [0.25, 0.3) is 0 Å². The molecule has 0 saturated carbocycles. The fraction of sp³-hybridized carbons (Fsp3) is 0.520. The summed E-state index contributed by atoms with van der Waals surface area (Å²) in [6.07, 6.45) is 3.45. The maximum absolute atomic E-state index is 12.9. The summed E-state index contributed by atoms with van der Waals surface area (Å²) in [5.74, 6) is 1.47. The lowest BCUT2D eigenvalue weighted by molar-refractivity contribution is -0.134. The first-order valence-electron chi connectivity index (χ1n) is 11.4.